The normalized spacial score (nSPS) is 15.4. The number of hydrogen-bond donors (Lipinski definition) is 2. The molecule has 0 saturated heterocycles. The molecule has 0 aromatic carbocycles. The largest absolute Gasteiger partial charge is 0.493 e. The fourth-order valence-corrected chi connectivity index (χ4v) is 1.04. The highest BCUT2D eigenvalue weighted by atomic mass is 19.1. The maximum Gasteiger partial charge on any atom is 0.493 e. The van der Waals surface area contributed by atoms with Gasteiger partial charge in [-0.2, -0.15) is 9.37 Å². The van der Waals surface area contributed by atoms with Gasteiger partial charge in [0.05, 0.1) is 0 Å². The van der Waals surface area contributed by atoms with Gasteiger partial charge in [0, 0.05) is 11.5 Å². The van der Waals surface area contributed by atoms with Crippen LogP contribution in [-0.4, -0.2) is 28.3 Å². The first-order valence-electron chi connectivity index (χ1n) is 4.36. The van der Waals surface area contributed by atoms with E-state index in [0.717, 1.165) is 12.8 Å². The Morgan fingerprint density at radius 1 is 1.43 bits per heavy atom. The quantitative estimate of drug-likeness (QED) is 0.503. The van der Waals surface area contributed by atoms with E-state index in [9.17, 15) is 4.39 Å². The fraction of sp³-hybridized carbons (Fsp3) is 0.375. The Kier molecular flexibility index (Phi) is 2.39. The molecular formula is C8H9BFNO3. The summed E-state index contributed by atoms with van der Waals surface area (Å²) in [6, 6.07) is 2.68. The molecule has 1 aromatic rings. The average Bonchev–Trinajstić information content (AvgIpc) is 2.87. The number of nitrogens with zero attached hydrogens (tertiary/aromatic N) is 1. The summed E-state index contributed by atoms with van der Waals surface area (Å²) in [4.78, 5) is 3.47. The van der Waals surface area contributed by atoms with Gasteiger partial charge in [0.2, 0.25) is 11.8 Å². The molecule has 1 aromatic heterocycles. The van der Waals surface area contributed by atoms with Crippen molar-refractivity contribution in [1.29, 1.82) is 0 Å². The van der Waals surface area contributed by atoms with E-state index in [-0.39, 0.29) is 17.4 Å². The zero-order valence-electron chi connectivity index (χ0n) is 7.35. The van der Waals surface area contributed by atoms with Gasteiger partial charge in [-0.25, -0.2) is 0 Å². The van der Waals surface area contributed by atoms with Crippen LogP contribution in [0.2, 0.25) is 0 Å². The highest BCUT2D eigenvalue weighted by Crippen LogP contribution is 2.25. The molecule has 0 atom stereocenters. The average molecular weight is 197 g/mol. The summed E-state index contributed by atoms with van der Waals surface area (Å²) < 4.78 is 18.3. The standard InChI is InChI=1S/C8H9BFNO3/c10-8-6(9(12)13)3-4-7(11-8)14-5-1-2-5/h3-5,12-13H,1-2H2. The SMILES string of the molecule is OB(O)c1ccc(OC2CC2)nc1F. The molecule has 4 nitrogen and oxygen atoms in total. The molecule has 0 bridgehead atoms. The Labute approximate surface area is 80.5 Å². The monoisotopic (exact) mass is 197 g/mol. The molecule has 0 unspecified atom stereocenters. The van der Waals surface area contributed by atoms with Gasteiger partial charge in [0.15, 0.2) is 0 Å². The molecular weight excluding hydrogens is 188 g/mol. The van der Waals surface area contributed by atoms with Crippen molar-refractivity contribution in [2.24, 2.45) is 0 Å². The summed E-state index contributed by atoms with van der Waals surface area (Å²) in [6.07, 6.45) is 2.08. The van der Waals surface area contributed by atoms with E-state index in [1.165, 1.54) is 12.1 Å². The van der Waals surface area contributed by atoms with Crippen LogP contribution in [0.1, 0.15) is 12.8 Å². The maximum absolute atomic E-state index is 13.1. The molecule has 6 heteroatoms. The van der Waals surface area contributed by atoms with E-state index in [1.807, 2.05) is 0 Å². The smallest absolute Gasteiger partial charge is 0.474 e. The van der Waals surface area contributed by atoms with Gasteiger partial charge >= 0.3 is 7.12 Å². The molecule has 14 heavy (non-hydrogen) atoms. The third kappa shape index (κ3) is 2.02. The number of halogens is 1. The molecule has 1 aliphatic carbocycles. The van der Waals surface area contributed by atoms with Crippen LogP contribution >= 0.6 is 0 Å². The van der Waals surface area contributed by atoms with Crippen molar-refractivity contribution >= 4 is 12.6 Å². The first-order valence-corrected chi connectivity index (χ1v) is 4.36. The summed E-state index contributed by atoms with van der Waals surface area (Å²) in [6.45, 7) is 0. The van der Waals surface area contributed by atoms with Crippen LogP contribution in [0.25, 0.3) is 0 Å². The maximum atomic E-state index is 13.1. The van der Waals surface area contributed by atoms with Gasteiger partial charge in [-0.3, -0.25) is 0 Å². The van der Waals surface area contributed by atoms with Crippen LogP contribution in [0.4, 0.5) is 4.39 Å². The topological polar surface area (TPSA) is 62.6 Å². The Hall–Kier alpha value is -1.14. The lowest BCUT2D eigenvalue weighted by Crippen LogP contribution is -2.33. The van der Waals surface area contributed by atoms with Gasteiger partial charge in [-0.05, 0) is 12.8 Å². The Morgan fingerprint density at radius 2 is 2.14 bits per heavy atom. The summed E-state index contributed by atoms with van der Waals surface area (Å²) in [7, 11) is -1.84. The highest BCUT2D eigenvalue weighted by molar-refractivity contribution is 6.58. The predicted octanol–water partition coefficient (Wildman–Crippen LogP) is -0.558. The number of aromatic nitrogens is 1. The molecule has 0 amide bonds. The van der Waals surface area contributed by atoms with Crippen molar-refractivity contribution in [1.82, 2.24) is 4.98 Å². The van der Waals surface area contributed by atoms with Crippen molar-refractivity contribution < 1.29 is 19.2 Å². The molecule has 1 heterocycles. The number of rotatable bonds is 3. The molecule has 1 fully saturated rings. The number of ether oxygens (including phenoxy) is 1. The number of pyridine rings is 1. The van der Waals surface area contributed by atoms with E-state index in [2.05, 4.69) is 4.98 Å². The lowest BCUT2D eigenvalue weighted by molar-refractivity contribution is 0.286. The molecule has 2 N–H and O–H groups in total. The van der Waals surface area contributed by atoms with Crippen molar-refractivity contribution in [3.8, 4) is 5.88 Å². The van der Waals surface area contributed by atoms with Gasteiger partial charge < -0.3 is 14.8 Å². The van der Waals surface area contributed by atoms with Crippen molar-refractivity contribution in [2.45, 2.75) is 18.9 Å². The van der Waals surface area contributed by atoms with Crippen LogP contribution in [0.3, 0.4) is 0 Å². The van der Waals surface area contributed by atoms with E-state index < -0.39 is 13.1 Å². The zero-order valence-corrected chi connectivity index (χ0v) is 7.35. The Bertz CT molecular complexity index is 343. The fourth-order valence-electron chi connectivity index (χ4n) is 1.04. The second-order valence-corrected chi connectivity index (χ2v) is 3.22. The lowest BCUT2D eigenvalue weighted by atomic mass is 9.81. The summed E-state index contributed by atoms with van der Waals surface area (Å²) in [5, 5.41) is 17.4. The van der Waals surface area contributed by atoms with E-state index in [1.54, 1.807) is 0 Å². The number of hydrogen-bond acceptors (Lipinski definition) is 4. The zero-order chi connectivity index (χ0) is 10.1. The minimum atomic E-state index is -1.84. The third-order valence-corrected chi connectivity index (χ3v) is 1.94. The molecule has 74 valence electrons. The van der Waals surface area contributed by atoms with E-state index in [4.69, 9.17) is 14.8 Å². The minimum absolute atomic E-state index is 0.145. The summed E-state index contributed by atoms with van der Waals surface area (Å²) in [5.41, 5.74) is -0.242. The summed E-state index contributed by atoms with van der Waals surface area (Å²) >= 11 is 0. The lowest BCUT2D eigenvalue weighted by Gasteiger charge is -2.05. The molecule has 1 saturated carbocycles. The van der Waals surface area contributed by atoms with Crippen LogP contribution in [0.5, 0.6) is 5.88 Å². The van der Waals surface area contributed by atoms with Gasteiger partial charge in [0.1, 0.15) is 6.10 Å². The predicted molar refractivity (Wildman–Crippen MR) is 47.7 cm³/mol. The molecule has 1 aliphatic rings. The Balaban J connectivity index is 2.16. The molecule has 0 spiro atoms. The third-order valence-electron chi connectivity index (χ3n) is 1.94. The van der Waals surface area contributed by atoms with Crippen LogP contribution in [0.15, 0.2) is 12.1 Å². The van der Waals surface area contributed by atoms with Crippen LogP contribution in [-0.2, 0) is 0 Å². The van der Waals surface area contributed by atoms with E-state index in [0.29, 0.717) is 0 Å². The second-order valence-electron chi connectivity index (χ2n) is 3.22. The van der Waals surface area contributed by atoms with Gasteiger partial charge in [-0.15, -0.1) is 0 Å². The molecule has 2 rings (SSSR count). The van der Waals surface area contributed by atoms with E-state index >= 15 is 0 Å². The van der Waals surface area contributed by atoms with Crippen molar-refractivity contribution in [2.75, 3.05) is 0 Å². The molecule has 0 radical (unpaired) electrons. The van der Waals surface area contributed by atoms with Crippen LogP contribution < -0.4 is 10.2 Å². The minimum Gasteiger partial charge on any atom is -0.474 e. The van der Waals surface area contributed by atoms with Crippen LogP contribution in [0, 0.1) is 5.95 Å². The first kappa shape index (κ1) is 9.42. The van der Waals surface area contributed by atoms with Gasteiger partial charge in [0.25, 0.3) is 0 Å². The summed E-state index contributed by atoms with van der Waals surface area (Å²) in [5.74, 6) is -0.715. The van der Waals surface area contributed by atoms with Gasteiger partial charge in [-0.1, -0.05) is 6.07 Å². The second kappa shape index (κ2) is 3.55. The van der Waals surface area contributed by atoms with Crippen molar-refractivity contribution in [3.63, 3.8) is 0 Å². The first-order chi connectivity index (χ1) is 6.66. The van der Waals surface area contributed by atoms with Crippen molar-refractivity contribution in [3.05, 3.63) is 18.1 Å². The molecule has 0 aliphatic heterocycles. The highest BCUT2D eigenvalue weighted by Gasteiger charge is 2.25. The Morgan fingerprint density at radius 3 is 2.64 bits per heavy atom.